The lowest BCUT2D eigenvalue weighted by atomic mass is 9.46. The second kappa shape index (κ2) is 7.10. The van der Waals surface area contributed by atoms with Crippen LogP contribution in [0, 0.1) is 40.4 Å². The van der Waals surface area contributed by atoms with Gasteiger partial charge in [0, 0.05) is 17.9 Å². The first-order chi connectivity index (χ1) is 13.9. The van der Waals surface area contributed by atoms with Crippen LogP contribution >= 0.6 is 0 Å². The molecule has 0 aromatic carbocycles. The first-order valence-corrected chi connectivity index (χ1v) is 12.2. The summed E-state index contributed by atoms with van der Waals surface area (Å²) >= 11 is 0. The number of carbonyl (C=O) groups excluding carboxylic acids is 2. The summed E-state index contributed by atoms with van der Waals surface area (Å²) in [5.74, 6) is 2.96. The Balaban J connectivity index is 1.57. The summed E-state index contributed by atoms with van der Waals surface area (Å²) < 4.78 is 0. The van der Waals surface area contributed by atoms with E-state index in [4.69, 9.17) is 5.73 Å². The zero-order chi connectivity index (χ0) is 22.1. The van der Waals surface area contributed by atoms with Crippen molar-refractivity contribution in [1.82, 2.24) is 5.32 Å². The van der Waals surface area contributed by atoms with Gasteiger partial charge in [0.1, 0.15) is 0 Å². The molecule has 0 aliphatic heterocycles. The van der Waals surface area contributed by atoms with Crippen LogP contribution in [0.15, 0.2) is 11.3 Å². The minimum Gasteiger partial charge on any atom is -0.396 e. The Kier molecular flexibility index (Phi) is 5.18. The fraction of sp³-hybridized carbons (Fsp3) is 0.846. The van der Waals surface area contributed by atoms with Crippen molar-refractivity contribution < 1.29 is 9.59 Å². The maximum atomic E-state index is 13.0. The van der Waals surface area contributed by atoms with E-state index in [0.29, 0.717) is 35.8 Å². The normalized spacial score (nSPS) is 42.3. The molecule has 4 rings (SSSR count). The van der Waals surface area contributed by atoms with E-state index in [9.17, 15) is 9.59 Å². The predicted molar refractivity (Wildman–Crippen MR) is 120 cm³/mol. The number of nitrogens with one attached hydrogen (secondary N) is 1. The van der Waals surface area contributed by atoms with Gasteiger partial charge in [-0.25, -0.2) is 0 Å². The van der Waals surface area contributed by atoms with Gasteiger partial charge in [-0.05, 0) is 106 Å². The second-order valence-corrected chi connectivity index (χ2v) is 12.4. The van der Waals surface area contributed by atoms with Crippen molar-refractivity contribution >= 4 is 11.7 Å². The van der Waals surface area contributed by atoms with Crippen molar-refractivity contribution in [2.75, 3.05) is 0 Å². The maximum Gasteiger partial charge on any atom is 0.223 e. The zero-order valence-corrected chi connectivity index (χ0v) is 19.9. The molecule has 0 aromatic heterocycles. The predicted octanol–water partition coefficient (Wildman–Crippen LogP) is 4.97. The van der Waals surface area contributed by atoms with Crippen LogP contribution in [0.1, 0.15) is 92.9 Å². The van der Waals surface area contributed by atoms with Crippen molar-refractivity contribution in [3.8, 4) is 0 Å². The number of carbonyl (C=O) groups is 2. The molecule has 0 radical (unpaired) electrons. The fourth-order valence-electron chi connectivity index (χ4n) is 8.28. The zero-order valence-electron chi connectivity index (χ0n) is 19.9. The lowest BCUT2D eigenvalue weighted by molar-refractivity contribution is -0.131. The summed E-state index contributed by atoms with van der Waals surface area (Å²) in [6.07, 6.45) is 8.58. The van der Waals surface area contributed by atoms with E-state index in [1.54, 1.807) is 0 Å². The lowest BCUT2D eigenvalue weighted by Gasteiger charge is -2.58. The molecule has 3 fully saturated rings. The van der Waals surface area contributed by atoms with Crippen LogP contribution in [0.4, 0.5) is 0 Å². The van der Waals surface area contributed by atoms with Gasteiger partial charge in [0.05, 0.1) is 5.70 Å². The Labute approximate surface area is 182 Å². The minimum atomic E-state index is -0.180. The Bertz CT molecular complexity index is 778. The molecule has 7 atom stereocenters. The molecule has 0 aromatic rings. The number of hydrogen-bond donors (Lipinski definition) is 2. The highest BCUT2D eigenvalue weighted by Gasteiger charge is 2.60. The maximum absolute atomic E-state index is 13.0. The van der Waals surface area contributed by atoms with Crippen molar-refractivity contribution in [3.63, 3.8) is 0 Å². The Morgan fingerprint density at radius 3 is 2.43 bits per heavy atom. The summed E-state index contributed by atoms with van der Waals surface area (Å²) in [7, 11) is 0. The number of hydrogen-bond acceptors (Lipinski definition) is 3. The Hall–Kier alpha value is -1.32. The standard InChI is InChI=1S/C26H42N2O2/c1-15(23(30)28-24(2,3)4)17-9-10-18-16-7-8-20-22(27)21(29)12-14-26(20,6)19(16)11-13-25(17,18)5/h15-19H,7-14,27H2,1-6H3,(H,28,30)/t15-,16-,17+,18-,19-,25+,26+/m0/s1. The van der Waals surface area contributed by atoms with Crippen LogP contribution in [0.3, 0.4) is 0 Å². The molecule has 4 nitrogen and oxygen atoms in total. The first kappa shape index (κ1) is 21.9. The van der Waals surface area contributed by atoms with Crippen LogP contribution in [0.5, 0.6) is 0 Å². The van der Waals surface area contributed by atoms with Crippen molar-refractivity contribution in [2.45, 2.75) is 98.4 Å². The number of rotatable bonds is 2. The van der Waals surface area contributed by atoms with E-state index in [0.717, 1.165) is 12.8 Å². The van der Waals surface area contributed by atoms with Crippen LogP contribution < -0.4 is 11.1 Å². The summed E-state index contributed by atoms with van der Waals surface area (Å²) in [5, 5.41) is 3.23. The van der Waals surface area contributed by atoms with Gasteiger partial charge >= 0.3 is 0 Å². The quantitative estimate of drug-likeness (QED) is 0.670. The highest BCUT2D eigenvalue weighted by atomic mass is 16.2. The van der Waals surface area contributed by atoms with Gasteiger partial charge in [0.25, 0.3) is 0 Å². The van der Waals surface area contributed by atoms with E-state index in [1.807, 2.05) is 0 Å². The molecule has 30 heavy (non-hydrogen) atoms. The average molecular weight is 415 g/mol. The smallest absolute Gasteiger partial charge is 0.223 e. The van der Waals surface area contributed by atoms with Gasteiger partial charge in [-0.1, -0.05) is 20.8 Å². The van der Waals surface area contributed by atoms with Gasteiger partial charge in [0.15, 0.2) is 5.78 Å². The van der Waals surface area contributed by atoms with Gasteiger partial charge in [0.2, 0.25) is 5.91 Å². The fourth-order valence-corrected chi connectivity index (χ4v) is 8.28. The van der Waals surface area contributed by atoms with E-state index in [2.05, 4.69) is 46.9 Å². The molecule has 4 heteroatoms. The van der Waals surface area contributed by atoms with Gasteiger partial charge < -0.3 is 11.1 Å². The topological polar surface area (TPSA) is 72.2 Å². The number of amides is 1. The molecule has 0 heterocycles. The second-order valence-electron chi connectivity index (χ2n) is 12.4. The van der Waals surface area contributed by atoms with Crippen LogP contribution in [-0.4, -0.2) is 17.2 Å². The number of Topliss-reactive ketones (excluding diaryl/α,β-unsaturated/α-hetero) is 1. The average Bonchev–Trinajstić information content (AvgIpc) is 3.00. The van der Waals surface area contributed by atoms with Crippen LogP contribution in [0.2, 0.25) is 0 Å². The van der Waals surface area contributed by atoms with Crippen molar-refractivity contribution in [1.29, 1.82) is 0 Å². The van der Waals surface area contributed by atoms with Gasteiger partial charge in [-0.3, -0.25) is 9.59 Å². The molecule has 3 N–H and O–H groups in total. The largest absolute Gasteiger partial charge is 0.396 e. The van der Waals surface area contributed by atoms with Gasteiger partial charge in [-0.2, -0.15) is 0 Å². The van der Waals surface area contributed by atoms with Crippen LogP contribution in [-0.2, 0) is 9.59 Å². The van der Waals surface area contributed by atoms with Crippen molar-refractivity contribution in [3.05, 3.63) is 11.3 Å². The molecule has 0 bridgehead atoms. The first-order valence-electron chi connectivity index (χ1n) is 12.2. The Morgan fingerprint density at radius 1 is 1.07 bits per heavy atom. The molecular formula is C26H42N2O2. The lowest BCUT2D eigenvalue weighted by Crippen LogP contribution is -2.53. The van der Waals surface area contributed by atoms with Gasteiger partial charge in [-0.15, -0.1) is 0 Å². The summed E-state index contributed by atoms with van der Waals surface area (Å²) in [4.78, 5) is 25.2. The monoisotopic (exact) mass is 414 g/mol. The molecule has 4 aliphatic rings. The van der Waals surface area contributed by atoms with E-state index >= 15 is 0 Å². The highest BCUT2D eigenvalue weighted by molar-refractivity contribution is 5.96. The molecule has 1 amide bonds. The summed E-state index contributed by atoms with van der Waals surface area (Å²) in [6, 6.07) is 0. The third-order valence-electron chi connectivity index (χ3n) is 9.76. The molecule has 0 unspecified atom stereocenters. The molecule has 0 saturated heterocycles. The SMILES string of the molecule is C[C@H](C(=O)NC(C)(C)C)[C@H]1CC[C@H]2[C@@H]3CCC4=C(N)C(=O)CC[C@]4(C)[C@H]3CC[C@]12C. The molecule has 0 spiro atoms. The third kappa shape index (κ3) is 3.24. The summed E-state index contributed by atoms with van der Waals surface area (Å²) in [5.41, 5.74) is 8.35. The molecule has 168 valence electrons. The molecule has 3 saturated carbocycles. The summed E-state index contributed by atoms with van der Waals surface area (Å²) in [6.45, 7) is 13.2. The third-order valence-corrected chi connectivity index (χ3v) is 9.76. The minimum absolute atomic E-state index is 0.0633. The Morgan fingerprint density at radius 2 is 1.77 bits per heavy atom. The highest BCUT2D eigenvalue weighted by Crippen LogP contribution is 2.67. The number of allylic oxidation sites excluding steroid dienone is 1. The van der Waals surface area contributed by atoms with E-state index in [-0.39, 0.29) is 34.0 Å². The van der Waals surface area contributed by atoms with Crippen LogP contribution in [0.25, 0.3) is 0 Å². The van der Waals surface area contributed by atoms with Crippen molar-refractivity contribution in [2.24, 2.45) is 46.2 Å². The number of ketones is 1. The molecule has 4 aliphatic carbocycles. The van der Waals surface area contributed by atoms with E-state index < -0.39 is 0 Å². The number of fused-ring (bicyclic) bond motifs is 5. The number of nitrogens with two attached hydrogens (primary N) is 1. The molecular weight excluding hydrogens is 372 g/mol. The van der Waals surface area contributed by atoms with E-state index in [1.165, 1.54) is 37.7 Å².